The van der Waals surface area contributed by atoms with Gasteiger partial charge in [-0.25, -0.2) is 4.98 Å². The summed E-state index contributed by atoms with van der Waals surface area (Å²) in [6.07, 6.45) is 9.02. The Labute approximate surface area is 172 Å². The smallest absolute Gasteiger partial charge is 0.161 e. The van der Waals surface area contributed by atoms with Gasteiger partial charge in [-0.1, -0.05) is 47.7 Å². The van der Waals surface area contributed by atoms with E-state index >= 15 is 0 Å². The van der Waals surface area contributed by atoms with E-state index < -0.39 is 0 Å². The molecule has 0 bridgehead atoms. The Hall–Kier alpha value is -3.34. The van der Waals surface area contributed by atoms with Crippen LogP contribution in [0.25, 0.3) is 0 Å². The molecule has 2 aromatic rings. The van der Waals surface area contributed by atoms with Crippen LogP contribution in [0.3, 0.4) is 0 Å². The van der Waals surface area contributed by atoms with Crippen molar-refractivity contribution < 1.29 is 9.57 Å². The Kier molecular flexibility index (Phi) is 6.85. The molecule has 5 nitrogen and oxygen atoms in total. The van der Waals surface area contributed by atoms with Crippen LogP contribution in [0.1, 0.15) is 37.5 Å². The van der Waals surface area contributed by atoms with Crippen LogP contribution in [0.5, 0.6) is 5.75 Å². The van der Waals surface area contributed by atoms with Crippen molar-refractivity contribution in [3.8, 4) is 5.75 Å². The normalized spacial score (nSPS) is 16.6. The monoisotopic (exact) mass is 389 g/mol. The number of nitrogen functional groups attached to an aromatic ring is 1. The number of rotatable bonds is 8. The number of pyridine rings is 1. The van der Waals surface area contributed by atoms with Gasteiger partial charge in [0, 0.05) is 24.6 Å². The van der Waals surface area contributed by atoms with Crippen LogP contribution >= 0.6 is 0 Å². The van der Waals surface area contributed by atoms with E-state index in [1.54, 1.807) is 6.20 Å². The van der Waals surface area contributed by atoms with Crippen LogP contribution < -0.4 is 10.5 Å². The molecule has 2 N–H and O–H groups in total. The number of benzene rings is 1. The second-order valence-electron chi connectivity index (χ2n) is 7.07. The molecule has 0 fully saturated rings. The van der Waals surface area contributed by atoms with E-state index in [9.17, 15) is 0 Å². The van der Waals surface area contributed by atoms with Crippen molar-refractivity contribution in [1.29, 1.82) is 0 Å². The second kappa shape index (κ2) is 9.73. The van der Waals surface area contributed by atoms with Crippen LogP contribution in [-0.2, 0) is 11.3 Å². The Balaban J connectivity index is 1.49. The Morgan fingerprint density at radius 1 is 1.28 bits per heavy atom. The van der Waals surface area contributed by atoms with Gasteiger partial charge in [0.25, 0.3) is 0 Å². The van der Waals surface area contributed by atoms with Gasteiger partial charge in [-0.3, -0.25) is 0 Å². The summed E-state index contributed by atoms with van der Waals surface area (Å²) < 4.78 is 5.80. The molecule has 0 radical (unpaired) electrons. The van der Waals surface area contributed by atoms with Crippen LogP contribution in [0.15, 0.2) is 83.7 Å². The summed E-state index contributed by atoms with van der Waals surface area (Å²) in [6, 6.07) is 11.8. The van der Waals surface area contributed by atoms with Gasteiger partial charge in [-0.2, -0.15) is 0 Å². The predicted molar refractivity (Wildman–Crippen MR) is 118 cm³/mol. The van der Waals surface area contributed by atoms with E-state index in [1.807, 2.05) is 55.5 Å². The highest BCUT2D eigenvalue weighted by Gasteiger charge is 2.24. The maximum Gasteiger partial charge on any atom is 0.161 e. The lowest BCUT2D eigenvalue weighted by Gasteiger charge is -2.10. The van der Waals surface area contributed by atoms with Gasteiger partial charge in [-0.15, -0.1) is 0 Å². The first-order valence-corrected chi connectivity index (χ1v) is 9.67. The summed E-state index contributed by atoms with van der Waals surface area (Å²) in [7, 11) is 0. The maximum atomic E-state index is 5.94. The molecule has 1 aromatic heterocycles. The zero-order valence-electron chi connectivity index (χ0n) is 17.0. The minimum absolute atomic E-state index is 0.161. The standard InChI is InChI=1S/C24H27N3O2/c1-4-17(2)7-8-18(3)16-28-21-11-9-19(10-12-21)14-20-15-23(29-27-20)22-6-5-13-26-24(22)25/h4-13,23H,3,14-16H2,1-2H3,(H2,25,26)/b8-7-,17-4-. The molecule has 1 aromatic carbocycles. The molecular formula is C24H27N3O2. The van der Waals surface area contributed by atoms with E-state index in [1.165, 1.54) is 5.57 Å². The van der Waals surface area contributed by atoms with Gasteiger partial charge < -0.3 is 15.3 Å². The fourth-order valence-corrected chi connectivity index (χ4v) is 2.91. The number of nitrogens with zero attached hydrogens (tertiary/aromatic N) is 2. The molecule has 0 amide bonds. The molecule has 1 aliphatic heterocycles. The van der Waals surface area contributed by atoms with E-state index in [0.717, 1.165) is 34.6 Å². The number of hydrogen-bond donors (Lipinski definition) is 1. The summed E-state index contributed by atoms with van der Waals surface area (Å²) in [5.74, 6) is 1.31. The number of nitrogens with two attached hydrogens (primary N) is 1. The number of hydrogen-bond acceptors (Lipinski definition) is 5. The lowest BCUT2D eigenvalue weighted by atomic mass is 10.0. The summed E-state index contributed by atoms with van der Waals surface area (Å²) in [6.45, 7) is 8.54. The van der Waals surface area contributed by atoms with Crippen LogP contribution in [0.2, 0.25) is 0 Å². The van der Waals surface area contributed by atoms with Crippen molar-refractivity contribution in [1.82, 2.24) is 4.98 Å². The molecule has 0 saturated carbocycles. The molecule has 2 heterocycles. The van der Waals surface area contributed by atoms with Gasteiger partial charge in [0.15, 0.2) is 6.10 Å². The highest BCUT2D eigenvalue weighted by atomic mass is 16.6. The number of allylic oxidation sites excluding steroid dienone is 3. The third-order valence-electron chi connectivity index (χ3n) is 4.74. The molecule has 1 unspecified atom stereocenters. The van der Waals surface area contributed by atoms with Crippen molar-refractivity contribution in [2.45, 2.75) is 32.8 Å². The minimum atomic E-state index is -0.161. The van der Waals surface area contributed by atoms with Gasteiger partial charge >= 0.3 is 0 Å². The molecule has 29 heavy (non-hydrogen) atoms. The molecule has 0 aliphatic carbocycles. The summed E-state index contributed by atoms with van der Waals surface area (Å²) in [5, 5.41) is 4.23. The Morgan fingerprint density at radius 3 is 2.79 bits per heavy atom. The van der Waals surface area contributed by atoms with Crippen molar-refractivity contribution >= 4 is 11.5 Å². The van der Waals surface area contributed by atoms with E-state index in [4.69, 9.17) is 15.3 Å². The zero-order chi connectivity index (χ0) is 20.6. The molecule has 5 heteroatoms. The van der Waals surface area contributed by atoms with Gasteiger partial charge in [0.1, 0.15) is 18.2 Å². The molecule has 0 spiro atoms. The Morgan fingerprint density at radius 2 is 2.07 bits per heavy atom. The van der Waals surface area contributed by atoms with Crippen LogP contribution in [0.4, 0.5) is 5.82 Å². The van der Waals surface area contributed by atoms with E-state index in [2.05, 4.69) is 29.7 Å². The lowest BCUT2D eigenvalue weighted by Crippen LogP contribution is -2.06. The highest BCUT2D eigenvalue weighted by Crippen LogP contribution is 2.30. The number of aromatic nitrogens is 1. The van der Waals surface area contributed by atoms with Crippen molar-refractivity contribution in [2.75, 3.05) is 12.3 Å². The van der Waals surface area contributed by atoms with Gasteiger partial charge in [0.2, 0.25) is 0 Å². The zero-order valence-corrected chi connectivity index (χ0v) is 17.0. The van der Waals surface area contributed by atoms with Crippen LogP contribution in [0, 0.1) is 0 Å². The topological polar surface area (TPSA) is 69.7 Å². The Bertz CT molecular complexity index is 943. The summed E-state index contributed by atoms with van der Waals surface area (Å²) in [4.78, 5) is 9.68. The molecule has 150 valence electrons. The highest BCUT2D eigenvalue weighted by molar-refractivity contribution is 5.87. The molecule has 1 aliphatic rings. The summed E-state index contributed by atoms with van der Waals surface area (Å²) in [5.41, 5.74) is 11.1. The average molecular weight is 389 g/mol. The maximum absolute atomic E-state index is 5.94. The van der Waals surface area contributed by atoms with E-state index in [-0.39, 0.29) is 6.10 Å². The fourth-order valence-electron chi connectivity index (χ4n) is 2.91. The van der Waals surface area contributed by atoms with Crippen molar-refractivity contribution in [2.24, 2.45) is 5.16 Å². The third kappa shape index (κ3) is 5.82. The molecule has 0 saturated heterocycles. The molecule has 1 atom stereocenters. The first-order valence-electron chi connectivity index (χ1n) is 9.67. The van der Waals surface area contributed by atoms with Crippen molar-refractivity contribution in [3.05, 3.63) is 89.7 Å². The predicted octanol–water partition coefficient (Wildman–Crippen LogP) is 5.18. The first kappa shape index (κ1) is 20.4. The number of oxime groups is 1. The minimum Gasteiger partial charge on any atom is -0.489 e. The largest absolute Gasteiger partial charge is 0.489 e. The molecule has 3 rings (SSSR count). The summed E-state index contributed by atoms with van der Waals surface area (Å²) >= 11 is 0. The SMILES string of the molecule is C=C(/C=C\C(C)=C/C)COc1ccc(CC2=NOC(c3cccnc3N)C2)cc1. The van der Waals surface area contributed by atoms with Crippen LogP contribution in [-0.4, -0.2) is 17.3 Å². The van der Waals surface area contributed by atoms with Gasteiger partial charge in [-0.05, 0) is 49.2 Å². The average Bonchev–Trinajstić information content (AvgIpc) is 3.20. The third-order valence-corrected chi connectivity index (χ3v) is 4.74. The quantitative estimate of drug-likeness (QED) is 0.632. The van der Waals surface area contributed by atoms with Crippen molar-refractivity contribution in [3.63, 3.8) is 0 Å². The second-order valence-corrected chi connectivity index (χ2v) is 7.07. The number of ether oxygens (including phenoxy) is 1. The van der Waals surface area contributed by atoms with Gasteiger partial charge in [0.05, 0.1) is 5.71 Å². The lowest BCUT2D eigenvalue weighted by molar-refractivity contribution is 0.0860. The van der Waals surface area contributed by atoms with E-state index in [0.29, 0.717) is 18.8 Å². The first-order chi connectivity index (χ1) is 14.0. The molecular weight excluding hydrogens is 362 g/mol. The number of anilines is 1. The fraction of sp³-hybridized carbons (Fsp3) is 0.250.